The molecule has 1 spiro atoms. The molecule has 0 N–H and O–H groups in total. The van der Waals surface area contributed by atoms with Gasteiger partial charge in [-0.1, -0.05) is 53.7 Å². The van der Waals surface area contributed by atoms with E-state index in [0.29, 0.717) is 0 Å². The highest BCUT2D eigenvalue weighted by Gasteiger charge is 2.65. The summed E-state index contributed by atoms with van der Waals surface area (Å²) in [5, 5.41) is 2.95. The molecule has 3 saturated carbocycles. The van der Waals surface area contributed by atoms with E-state index in [1.54, 1.807) is 27.8 Å². The first kappa shape index (κ1) is 25.4. The van der Waals surface area contributed by atoms with Gasteiger partial charge in [-0.05, 0) is 137 Å². The number of nitrogens with zero attached hydrogens (tertiary/aromatic N) is 1. The first-order valence-corrected chi connectivity index (χ1v) is 17.1. The van der Waals surface area contributed by atoms with Crippen LogP contribution in [0.3, 0.4) is 0 Å². The van der Waals surface area contributed by atoms with Crippen molar-refractivity contribution in [1.29, 1.82) is 0 Å². The quantitative estimate of drug-likeness (QED) is 0.283. The molecule has 214 valence electrons. The molecule has 1 aliphatic heterocycles. The summed E-state index contributed by atoms with van der Waals surface area (Å²) in [7, 11) is 0. The summed E-state index contributed by atoms with van der Waals surface area (Å²) in [5.74, 6) is 3.68. The number of aromatic nitrogens is 1. The largest absolute Gasteiger partial charge is 0.213 e. The lowest BCUT2D eigenvalue weighted by atomic mass is 9.56. The summed E-state index contributed by atoms with van der Waals surface area (Å²) in [6.07, 6.45) is 13.5. The zero-order chi connectivity index (χ0) is 28.5. The van der Waals surface area contributed by atoms with Gasteiger partial charge in [0.05, 0.1) is 11.0 Å². The number of rotatable bonds is 2. The molecule has 2 aromatic carbocycles. The second kappa shape index (κ2) is 7.31. The average Bonchev–Trinajstić information content (AvgIpc) is 3.43. The van der Waals surface area contributed by atoms with Crippen molar-refractivity contribution in [2.45, 2.75) is 140 Å². The van der Waals surface area contributed by atoms with Crippen molar-refractivity contribution >= 4 is 10.8 Å². The highest BCUT2D eigenvalue weighted by Crippen LogP contribution is 2.76. The van der Waals surface area contributed by atoms with Crippen LogP contribution in [0, 0.1) is 17.3 Å². The van der Waals surface area contributed by atoms with Crippen molar-refractivity contribution in [2.75, 3.05) is 0 Å². The fraction of sp³-hybridized carbons (Fsp3) is 0.625. The lowest BCUT2D eigenvalue weighted by Crippen LogP contribution is -2.67. The topological polar surface area (TPSA) is 3.88 Å². The maximum absolute atomic E-state index is 2.75. The molecule has 2 heterocycles. The van der Waals surface area contributed by atoms with E-state index in [1.807, 2.05) is 0 Å². The van der Waals surface area contributed by atoms with Crippen LogP contribution in [0.25, 0.3) is 22.0 Å². The maximum Gasteiger partial charge on any atom is 0.213 e. The molecule has 1 nitrogen and oxygen atoms in total. The Kier molecular flexibility index (Phi) is 4.52. The Morgan fingerprint density at radius 3 is 1.90 bits per heavy atom. The van der Waals surface area contributed by atoms with E-state index >= 15 is 0 Å². The minimum absolute atomic E-state index is 0.0231. The normalized spacial score (nSPS) is 39.5. The molecule has 3 bridgehead atoms. The van der Waals surface area contributed by atoms with Crippen LogP contribution in [0.2, 0.25) is 0 Å². The van der Waals surface area contributed by atoms with Crippen LogP contribution in [0.1, 0.15) is 146 Å². The summed E-state index contributed by atoms with van der Waals surface area (Å²) in [5.41, 5.74) is 12.5. The van der Waals surface area contributed by atoms with E-state index in [4.69, 9.17) is 0 Å². The zero-order valence-corrected chi connectivity index (χ0v) is 26.9. The minimum Gasteiger partial charge on any atom is -0.192 e. The van der Waals surface area contributed by atoms with Crippen molar-refractivity contribution in [1.82, 2.24) is 0 Å². The van der Waals surface area contributed by atoms with E-state index in [9.17, 15) is 0 Å². The zero-order valence-electron chi connectivity index (χ0n) is 26.9. The van der Waals surface area contributed by atoms with Crippen molar-refractivity contribution in [3.8, 4) is 11.3 Å². The van der Waals surface area contributed by atoms with Gasteiger partial charge in [0.15, 0.2) is 11.7 Å². The van der Waals surface area contributed by atoms with Crippen LogP contribution < -0.4 is 4.57 Å². The summed E-state index contributed by atoms with van der Waals surface area (Å²) in [6.45, 7) is 19.9. The smallest absolute Gasteiger partial charge is 0.192 e. The van der Waals surface area contributed by atoms with Gasteiger partial charge in [0.2, 0.25) is 5.69 Å². The summed E-state index contributed by atoms with van der Waals surface area (Å²) in [4.78, 5) is 0. The van der Waals surface area contributed by atoms with Gasteiger partial charge in [0.25, 0.3) is 0 Å². The van der Waals surface area contributed by atoms with E-state index in [1.165, 1.54) is 60.6 Å². The van der Waals surface area contributed by atoms with E-state index in [2.05, 4.69) is 96.5 Å². The third kappa shape index (κ3) is 2.76. The monoisotopic (exact) mass is 544 g/mol. The molecule has 3 aromatic rings. The number of hydrogen-bond acceptors (Lipinski definition) is 0. The van der Waals surface area contributed by atoms with Gasteiger partial charge in [-0.2, -0.15) is 4.57 Å². The Labute approximate surface area is 248 Å². The third-order valence-corrected chi connectivity index (χ3v) is 15.1. The van der Waals surface area contributed by atoms with E-state index < -0.39 is 0 Å². The predicted molar refractivity (Wildman–Crippen MR) is 170 cm³/mol. The summed E-state index contributed by atoms with van der Waals surface area (Å²) in [6, 6.07) is 13.3. The molecule has 7 unspecified atom stereocenters. The van der Waals surface area contributed by atoms with Crippen LogP contribution in [0.5, 0.6) is 0 Å². The van der Waals surface area contributed by atoms with Crippen molar-refractivity contribution in [3.63, 3.8) is 0 Å². The van der Waals surface area contributed by atoms with Gasteiger partial charge in [-0.25, -0.2) is 0 Å². The number of fused-ring (bicyclic) bond motifs is 10. The molecule has 9 rings (SSSR count). The van der Waals surface area contributed by atoms with Gasteiger partial charge in [0.1, 0.15) is 0 Å². The summed E-state index contributed by atoms with van der Waals surface area (Å²) < 4.78 is 2.75. The van der Waals surface area contributed by atoms with Crippen LogP contribution in [0.15, 0.2) is 36.5 Å². The molecule has 3 fully saturated rings. The number of pyridine rings is 1. The first-order chi connectivity index (χ1) is 19.3. The molecule has 41 heavy (non-hydrogen) atoms. The molecule has 5 aliphatic carbocycles. The molecular formula is C40H50N+. The van der Waals surface area contributed by atoms with Crippen LogP contribution in [-0.4, -0.2) is 0 Å². The van der Waals surface area contributed by atoms with Crippen molar-refractivity contribution in [3.05, 3.63) is 64.3 Å². The van der Waals surface area contributed by atoms with Gasteiger partial charge >= 0.3 is 0 Å². The first-order valence-electron chi connectivity index (χ1n) is 17.1. The molecule has 6 aliphatic rings. The predicted octanol–water partition coefficient (Wildman–Crippen LogP) is 9.95. The Bertz CT molecular complexity index is 1690. The van der Waals surface area contributed by atoms with Crippen LogP contribution in [-0.2, 0) is 21.8 Å². The fourth-order valence-electron chi connectivity index (χ4n) is 12.7. The Balaban J connectivity index is 1.32. The molecule has 1 heteroatoms. The van der Waals surface area contributed by atoms with Crippen molar-refractivity contribution < 1.29 is 4.57 Å². The molecular weight excluding hydrogens is 494 g/mol. The lowest BCUT2D eigenvalue weighted by Gasteiger charge is -2.48. The molecule has 0 amide bonds. The third-order valence-electron chi connectivity index (χ3n) is 15.1. The Morgan fingerprint density at radius 2 is 1.29 bits per heavy atom. The van der Waals surface area contributed by atoms with Gasteiger partial charge in [0, 0.05) is 24.8 Å². The Hall–Kier alpha value is -2.15. The van der Waals surface area contributed by atoms with Crippen LogP contribution >= 0.6 is 0 Å². The fourth-order valence-corrected chi connectivity index (χ4v) is 12.7. The molecule has 0 radical (unpaired) electrons. The Morgan fingerprint density at radius 1 is 0.683 bits per heavy atom. The second-order valence-corrected chi connectivity index (χ2v) is 17.5. The van der Waals surface area contributed by atoms with Gasteiger partial charge in [-0.15, -0.1) is 0 Å². The summed E-state index contributed by atoms with van der Waals surface area (Å²) >= 11 is 0. The van der Waals surface area contributed by atoms with Crippen molar-refractivity contribution in [2.24, 2.45) is 17.3 Å². The van der Waals surface area contributed by atoms with Crippen LogP contribution in [0.4, 0.5) is 0 Å². The molecule has 7 atom stereocenters. The maximum atomic E-state index is 2.75. The lowest BCUT2D eigenvalue weighted by molar-refractivity contribution is -0.764. The number of benzene rings is 2. The molecule has 1 aromatic heterocycles. The second-order valence-electron chi connectivity index (χ2n) is 17.5. The van der Waals surface area contributed by atoms with E-state index in [-0.39, 0.29) is 21.8 Å². The number of hydrogen-bond donors (Lipinski definition) is 0. The average molecular weight is 545 g/mol. The van der Waals surface area contributed by atoms with Gasteiger partial charge in [-0.3, -0.25) is 0 Å². The highest BCUT2D eigenvalue weighted by atomic mass is 15.1. The molecule has 0 saturated heterocycles. The standard InChI is InChI=1S/C40H50N/c1-9-38(7)32-18-34-33(36(3,4)22-37(34,5)6)17-31(32)35-15-23-13-29-24-11-27-16-28-12-25(20-40(27,28)19-24)30(29)14-26(23)21-41(35)39(38,8)10-2/h13-15,17-18,21,24-25,27-28H,9-12,16,19-20,22H2,1-8H3/q+1. The highest BCUT2D eigenvalue weighted by molar-refractivity contribution is 5.87. The minimum atomic E-state index is 0.0231. The van der Waals surface area contributed by atoms with E-state index in [0.717, 1.165) is 41.9 Å². The SMILES string of the molecule is CCC1(C)c2cc3c(cc2-c2cc4cc5c(cc4c[n+]2C1(C)CC)C1CC2CC4CC5CC42C1)C(C)(C)CC3(C)C. The van der Waals surface area contributed by atoms with Gasteiger partial charge < -0.3 is 0 Å².